The second kappa shape index (κ2) is 14.0. The van der Waals surface area contributed by atoms with E-state index in [1.54, 1.807) is 12.2 Å². The lowest BCUT2D eigenvalue weighted by Gasteiger charge is -2.32. The zero-order valence-electron chi connectivity index (χ0n) is 17.0. The summed E-state index contributed by atoms with van der Waals surface area (Å²) in [7, 11) is 5.80. The first-order chi connectivity index (χ1) is 12.2. The molecular weight excluding hydrogens is 330 g/mol. The van der Waals surface area contributed by atoms with Crippen LogP contribution in [-0.2, 0) is 4.79 Å². The largest absolute Gasteiger partial charge is 0.481 e. The van der Waals surface area contributed by atoms with Gasteiger partial charge in [-0.25, -0.2) is 0 Å². The Morgan fingerprint density at radius 1 is 0.923 bits per heavy atom. The molecule has 3 N–H and O–H groups in total. The van der Waals surface area contributed by atoms with Crippen molar-refractivity contribution in [3.63, 3.8) is 0 Å². The topological polar surface area (TPSA) is 77.8 Å². The van der Waals surface area contributed by atoms with Gasteiger partial charge in [0.1, 0.15) is 12.1 Å². The normalized spacial score (nSPS) is 15.0. The molecule has 26 heavy (non-hydrogen) atoms. The average Bonchev–Trinajstić information content (AvgIpc) is 2.49. The van der Waals surface area contributed by atoms with Gasteiger partial charge in [0, 0.05) is 6.61 Å². The van der Waals surface area contributed by atoms with Gasteiger partial charge in [0.25, 0.3) is 0 Å². The van der Waals surface area contributed by atoms with E-state index in [1.165, 1.54) is 32.1 Å². The maximum Gasteiger partial charge on any atom is 0.306 e. The fraction of sp³-hybridized carbons (Fsp3) is 0.762. The highest BCUT2D eigenvalue weighted by atomic mass is 16.4. The molecule has 0 aromatic rings. The maximum atomic E-state index is 11.0. The number of carboxylic acids is 1. The molecule has 0 heterocycles. The number of hydrogen-bond acceptors (Lipinski definition) is 3. The van der Waals surface area contributed by atoms with Crippen molar-refractivity contribution >= 4 is 5.97 Å². The van der Waals surface area contributed by atoms with Gasteiger partial charge in [-0.2, -0.15) is 0 Å². The summed E-state index contributed by atoms with van der Waals surface area (Å²) in [6.07, 6.45) is 17.5. The zero-order chi connectivity index (χ0) is 19.9. The van der Waals surface area contributed by atoms with Crippen LogP contribution in [0.15, 0.2) is 24.3 Å². The third-order valence-electron chi connectivity index (χ3n) is 4.14. The summed E-state index contributed by atoms with van der Waals surface area (Å²) in [6.45, 7) is 0.658. The van der Waals surface area contributed by atoms with Gasteiger partial charge in [-0.15, -0.1) is 0 Å². The third kappa shape index (κ3) is 16.3. The maximum absolute atomic E-state index is 11.0. The van der Waals surface area contributed by atoms with Crippen molar-refractivity contribution in [1.29, 1.82) is 0 Å². The number of quaternary nitrogens is 1. The summed E-state index contributed by atoms with van der Waals surface area (Å²) in [5, 5.41) is 28.3. The van der Waals surface area contributed by atoms with Crippen LogP contribution in [0.5, 0.6) is 0 Å². The van der Waals surface area contributed by atoms with Crippen LogP contribution >= 0.6 is 0 Å². The van der Waals surface area contributed by atoms with E-state index < -0.39 is 11.6 Å². The van der Waals surface area contributed by atoms with Crippen LogP contribution in [0.2, 0.25) is 0 Å². The smallest absolute Gasteiger partial charge is 0.306 e. The first-order valence-electron chi connectivity index (χ1n) is 9.88. The summed E-state index contributed by atoms with van der Waals surface area (Å²) >= 11 is 0. The fourth-order valence-corrected chi connectivity index (χ4v) is 3.09. The van der Waals surface area contributed by atoms with E-state index in [9.17, 15) is 9.90 Å². The molecule has 0 aromatic heterocycles. The standard InChI is InChI=1S/C21H39NO4/c1-22(2,3)19-21(26,18-20(24)25)16-14-12-10-8-6-4-5-7-9-11-13-15-17-23/h10,12,14,16,23,26H,4-9,11,13,15,17-19H2,1-3H3/p+1. The monoisotopic (exact) mass is 370 g/mol. The molecule has 1 atom stereocenters. The van der Waals surface area contributed by atoms with Gasteiger partial charge in [-0.1, -0.05) is 56.8 Å². The van der Waals surface area contributed by atoms with Gasteiger partial charge in [0.05, 0.1) is 27.6 Å². The van der Waals surface area contributed by atoms with Gasteiger partial charge in [0.15, 0.2) is 0 Å². The quantitative estimate of drug-likeness (QED) is 0.221. The molecule has 0 fully saturated rings. The van der Waals surface area contributed by atoms with E-state index in [4.69, 9.17) is 10.2 Å². The minimum atomic E-state index is -1.33. The van der Waals surface area contributed by atoms with Gasteiger partial charge in [0.2, 0.25) is 0 Å². The summed E-state index contributed by atoms with van der Waals surface area (Å²) in [5.74, 6) is -0.994. The van der Waals surface area contributed by atoms with Crippen molar-refractivity contribution in [2.75, 3.05) is 34.3 Å². The molecule has 0 aromatic carbocycles. The van der Waals surface area contributed by atoms with Crippen molar-refractivity contribution < 1.29 is 24.6 Å². The predicted octanol–water partition coefficient (Wildman–Crippen LogP) is 3.51. The molecule has 0 bridgehead atoms. The van der Waals surface area contributed by atoms with Crippen molar-refractivity contribution in [2.24, 2.45) is 0 Å². The number of likely N-dealkylation sites (N-methyl/N-ethyl adjacent to an activating group) is 1. The van der Waals surface area contributed by atoms with Gasteiger partial charge < -0.3 is 19.8 Å². The Kier molecular flexibility index (Phi) is 13.3. The van der Waals surface area contributed by atoms with Crippen molar-refractivity contribution in [3.05, 3.63) is 24.3 Å². The van der Waals surface area contributed by atoms with Crippen molar-refractivity contribution in [2.45, 2.75) is 69.8 Å². The van der Waals surface area contributed by atoms with Crippen molar-refractivity contribution in [1.82, 2.24) is 0 Å². The van der Waals surface area contributed by atoms with E-state index >= 15 is 0 Å². The van der Waals surface area contributed by atoms with Gasteiger partial charge in [-0.3, -0.25) is 4.79 Å². The molecule has 5 nitrogen and oxygen atoms in total. The molecule has 152 valence electrons. The number of nitrogens with zero attached hydrogens (tertiary/aromatic N) is 1. The van der Waals surface area contributed by atoms with Crippen LogP contribution < -0.4 is 0 Å². The number of hydrogen-bond donors (Lipinski definition) is 3. The molecule has 0 aliphatic carbocycles. The molecule has 0 rings (SSSR count). The Morgan fingerprint density at radius 2 is 1.46 bits per heavy atom. The predicted molar refractivity (Wildman–Crippen MR) is 107 cm³/mol. The SMILES string of the molecule is C[N+](C)(C)CC(O)(C=CC=CCCCCCCCCCCO)CC(=O)O. The van der Waals surface area contributed by atoms with E-state index in [1.807, 2.05) is 27.2 Å². The Bertz CT molecular complexity index is 426. The third-order valence-corrected chi connectivity index (χ3v) is 4.14. The summed E-state index contributed by atoms with van der Waals surface area (Å²) in [5.41, 5.74) is -1.33. The summed E-state index contributed by atoms with van der Waals surface area (Å²) in [6, 6.07) is 0. The molecule has 0 spiro atoms. The second-order valence-corrected chi connectivity index (χ2v) is 8.25. The Balaban J connectivity index is 4.00. The number of aliphatic hydroxyl groups excluding tert-OH is 1. The van der Waals surface area contributed by atoms with E-state index in [0.717, 1.165) is 25.7 Å². The Morgan fingerprint density at radius 3 is 1.96 bits per heavy atom. The average molecular weight is 371 g/mol. The lowest BCUT2D eigenvalue weighted by atomic mass is 9.97. The number of carboxylic acid groups (broad SMARTS) is 1. The molecule has 0 aliphatic heterocycles. The van der Waals surface area contributed by atoms with Crippen LogP contribution in [0.1, 0.15) is 64.2 Å². The highest BCUT2D eigenvalue weighted by molar-refractivity contribution is 5.68. The van der Waals surface area contributed by atoms with E-state index in [-0.39, 0.29) is 6.42 Å². The zero-order valence-corrected chi connectivity index (χ0v) is 17.0. The number of unbranched alkanes of at least 4 members (excludes halogenated alkanes) is 8. The number of rotatable bonds is 16. The van der Waals surface area contributed by atoms with Crippen molar-refractivity contribution in [3.8, 4) is 0 Å². The van der Waals surface area contributed by atoms with Gasteiger partial charge >= 0.3 is 5.97 Å². The minimum absolute atomic E-state index is 0.287. The van der Waals surface area contributed by atoms with Crippen LogP contribution in [0.3, 0.4) is 0 Å². The van der Waals surface area contributed by atoms with E-state index in [0.29, 0.717) is 17.6 Å². The first kappa shape index (κ1) is 24.8. The van der Waals surface area contributed by atoms with Crippen LogP contribution in [-0.4, -0.2) is 65.7 Å². The molecule has 0 saturated heterocycles. The van der Waals surface area contributed by atoms with Crippen LogP contribution in [0.4, 0.5) is 0 Å². The molecule has 0 amide bonds. The lowest BCUT2D eigenvalue weighted by Crippen LogP contribution is -2.49. The second-order valence-electron chi connectivity index (χ2n) is 8.25. The number of carbonyl (C=O) groups is 1. The molecule has 0 saturated carbocycles. The number of allylic oxidation sites excluding steroid dienone is 3. The Hall–Kier alpha value is -1.17. The minimum Gasteiger partial charge on any atom is -0.481 e. The highest BCUT2D eigenvalue weighted by Gasteiger charge is 2.33. The highest BCUT2D eigenvalue weighted by Crippen LogP contribution is 2.17. The molecule has 5 heteroatoms. The summed E-state index contributed by atoms with van der Waals surface area (Å²) < 4.78 is 0.498. The number of aliphatic carboxylic acids is 1. The van der Waals surface area contributed by atoms with Crippen LogP contribution in [0, 0.1) is 0 Å². The van der Waals surface area contributed by atoms with E-state index in [2.05, 4.69) is 6.08 Å². The molecule has 0 radical (unpaired) electrons. The van der Waals surface area contributed by atoms with Crippen LogP contribution in [0.25, 0.3) is 0 Å². The number of aliphatic hydroxyl groups is 2. The van der Waals surface area contributed by atoms with Gasteiger partial charge in [-0.05, 0) is 25.3 Å². The molecular formula is C21H40NO4+. The summed E-state index contributed by atoms with van der Waals surface area (Å²) in [4.78, 5) is 11.0. The molecule has 0 aliphatic rings. The first-order valence-corrected chi connectivity index (χ1v) is 9.88. The fourth-order valence-electron chi connectivity index (χ4n) is 3.09. The lowest BCUT2D eigenvalue weighted by molar-refractivity contribution is -0.876. The molecule has 1 unspecified atom stereocenters. The Labute approximate surface area is 159 Å².